The number of aryl methyl sites for hydroxylation is 1. The minimum absolute atomic E-state index is 0.119. The number of carbonyl (C=O) groups is 2. The van der Waals surface area contributed by atoms with Crippen molar-refractivity contribution in [2.24, 2.45) is 0 Å². The van der Waals surface area contributed by atoms with Crippen molar-refractivity contribution in [3.05, 3.63) is 34.8 Å². The Hall–Kier alpha value is -1.93. The molecule has 0 aliphatic carbocycles. The fourth-order valence-corrected chi connectivity index (χ4v) is 3.31. The van der Waals surface area contributed by atoms with E-state index in [4.69, 9.17) is 5.11 Å². The van der Waals surface area contributed by atoms with Crippen molar-refractivity contribution >= 4 is 40.7 Å². The summed E-state index contributed by atoms with van der Waals surface area (Å²) in [5.74, 6) is -0.489. The van der Waals surface area contributed by atoms with Gasteiger partial charge >= 0.3 is 5.97 Å². The molecule has 1 heterocycles. The lowest BCUT2D eigenvalue weighted by atomic mass is 10.2. The molecule has 2 N–H and O–H groups in total. The van der Waals surface area contributed by atoms with Gasteiger partial charge in [-0.15, -0.1) is 10.2 Å². The van der Waals surface area contributed by atoms with Gasteiger partial charge in [0.1, 0.15) is 5.01 Å². The number of carboxylic acids is 1. The Labute approximate surface area is 129 Å². The lowest BCUT2D eigenvalue weighted by Gasteiger charge is -2.04. The van der Waals surface area contributed by atoms with E-state index in [0.717, 1.165) is 9.35 Å². The summed E-state index contributed by atoms with van der Waals surface area (Å²) in [6.07, 6.45) is 0.351. The van der Waals surface area contributed by atoms with E-state index in [1.54, 1.807) is 12.1 Å². The summed E-state index contributed by atoms with van der Waals surface area (Å²) >= 11 is 2.99. The minimum Gasteiger partial charge on any atom is -0.478 e. The summed E-state index contributed by atoms with van der Waals surface area (Å²) < 4.78 is 0.853. The van der Waals surface area contributed by atoms with Gasteiger partial charge < -0.3 is 10.4 Å². The van der Waals surface area contributed by atoms with E-state index in [2.05, 4.69) is 15.5 Å². The second-order valence-electron chi connectivity index (χ2n) is 4.12. The van der Waals surface area contributed by atoms with Crippen LogP contribution < -0.4 is 5.32 Å². The van der Waals surface area contributed by atoms with Crippen molar-refractivity contribution in [1.29, 1.82) is 0 Å². The molecule has 0 saturated carbocycles. The molecular formula is C13H13N3O3S2. The number of nitrogens with one attached hydrogen (secondary N) is 1. The van der Waals surface area contributed by atoms with Gasteiger partial charge in [0.15, 0.2) is 4.34 Å². The number of benzene rings is 1. The summed E-state index contributed by atoms with van der Waals surface area (Å²) in [4.78, 5) is 22.5. The number of amides is 1. The highest BCUT2D eigenvalue weighted by atomic mass is 32.2. The van der Waals surface area contributed by atoms with Crippen molar-refractivity contribution < 1.29 is 14.7 Å². The number of thioether (sulfide) groups is 1. The number of carbonyl (C=O) groups excluding carboxylic acids is 1. The maximum absolute atomic E-state index is 11.8. The fourth-order valence-electron chi connectivity index (χ4n) is 1.49. The zero-order valence-electron chi connectivity index (χ0n) is 11.2. The van der Waals surface area contributed by atoms with Crippen LogP contribution in [-0.2, 0) is 4.79 Å². The van der Waals surface area contributed by atoms with Gasteiger partial charge in [0.25, 0.3) is 0 Å². The third kappa shape index (κ3) is 4.83. The lowest BCUT2D eigenvalue weighted by molar-refractivity contribution is -0.115. The van der Waals surface area contributed by atoms with Crippen molar-refractivity contribution in [1.82, 2.24) is 10.2 Å². The number of hydrogen-bond donors (Lipinski definition) is 2. The molecule has 0 unspecified atom stereocenters. The lowest BCUT2D eigenvalue weighted by Crippen LogP contribution is -2.12. The number of nitrogens with zero attached hydrogens (tertiary/aromatic N) is 2. The second kappa shape index (κ2) is 7.19. The average molecular weight is 323 g/mol. The molecule has 2 rings (SSSR count). The monoisotopic (exact) mass is 323 g/mol. The first kappa shape index (κ1) is 15.5. The molecule has 0 fully saturated rings. The van der Waals surface area contributed by atoms with Crippen molar-refractivity contribution in [3.8, 4) is 0 Å². The van der Waals surface area contributed by atoms with Crippen LogP contribution in [0.3, 0.4) is 0 Å². The molecule has 1 amide bonds. The molecule has 0 aliphatic rings. The SMILES string of the molecule is Cc1nnc(SCCC(=O)Nc2ccc(C(=O)O)cc2)s1. The van der Waals surface area contributed by atoms with E-state index in [1.807, 2.05) is 6.92 Å². The zero-order valence-corrected chi connectivity index (χ0v) is 12.8. The molecular weight excluding hydrogens is 310 g/mol. The summed E-state index contributed by atoms with van der Waals surface area (Å²) in [6, 6.07) is 6.05. The first-order valence-corrected chi connectivity index (χ1v) is 7.91. The normalized spacial score (nSPS) is 10.3. The van der Waals surface area contributed by atoms with Crippen LogP contribution in [0.4, 0.5) is 5.69 Å². The van der Waals surface area contributed by atoms with Crippen LogP contribution in [-0.4, -0.2) is 32.9 Å². The van der Waals surface area contributed by atoms with Gasteiger partial charge in [-0.1, -0.05) is 23.1 Å². The molecule has 1 aromatic heterocycles. The first-order chi connectivity index (χ1) is 10.0. The Morgan fingerprint density at radius 1 is 1.29 bits per heavy atom. The second-order valence-corrected chi connectivity index (χ2v) is 6.64. The Bertz CT molecular complexity index is 640. The van der Waals surface area contributed by atoms with E-state index >= 15 is 0 Å². The topological polar surface area (TPSA) is 92.2 Å². The van der Waals surface area contributed by atoms with Crippen LogP contribution in [0.15, 0.2) is 28.6 Å². The summed E-state index contributed by atoms with van der Waals surface area (Å²) in [5, 5.41) is 20.3. The summed E-state index contributed by atoms with van der Waals surface area (Å²) in [7, 11) is 0. The molecule has 0 bridgehead atoms. The third-order valence-corrected chi connectivity index (χ3v) is 4.45. The van der Waals surface area contributed by atoms with Crippen LogP contribution >= 0.6 is 23.1 Å². The Kier molecular flexibility index (Phi) is 5.29. The number of aromatic carboxylic acids is 1. The van der Waals surface area contributed by atoms with Gasteiger partial charge in [0.2, 0.25) is 5.91 Å². The van der Waals surface area contributed by atoms with Crippen LogP contribution in [0, 0.1) is 6.92 Å². The van der Waals surface area contributed by atoms with Gasteiger partial charge in [0.05, 0.1) is 5.56 Å². The minimum atomic E-state index is -0.989. The Morgan fingerprint density at radius 2 is 2.00 bits per heavy atom. The van der Waals surface area contributed by atoms with Gasteiger partial charge in [-0.25, -0.2) is 4.79 Å². The van der Waals surface area contributed by atoms with E-state index in [9.17, 15) is 9.59 Å². The van der Waals surface area contributed by atoms with E-state index in [1.165, 1.54) is 35.2 Å². The van der Waals surface area contributed by atoms with Crippen LogP contribution in [0.5, 0.6) is 0 Å². The van der Waals surface area contributed by atoms with Gasteiger partial charge in [0, 0.05) is 17.9 Å². The number of anilines is 1. The molecule has 2 aromatic rings. The van der Waals surface area contributed by atoms with E-state index in [-0.39, 0.29) is 11.5 Å². The highest BCUT2D eigenvalue weighted by Crippen LogP contribution is 2.22. The zero-order chi connectivity index (χ0) is 15.2. The quantitative estimate of drug-likeness (QED) is 0.794. The standard InChI is InChI=1S/C13H13N3O3S2/c1-8-15-16-13(21-8)20-7-6-11(17)14-10-4-2-9(3-5-10)12(18)19/h2-5H,6-7H2,1H3,(H,14,17)(H,18,19). The molecule has 21 heavy (non-hydrogen) atoms. The van der Waals surface area contributed by atoms with Crippen LogP contribution in [0.25, 0.3) is 0 Å². The highest BCUT2D eigenvalue weighted by Gasteiger charge is 2.07. The molecule has 0 spiro atoms. The molecule has 1 aromatic carbocycles. The van der Waals surface area contributed by atoms with E-state index in [0.29, 0.717) is 17.9 Å². The van der Waals surface area contributed by atoms with Gasteiger partial charge in [-0.2, -0.15) is 0 Å². The third-order valence-electron chi connectivity index (χ3n) is 2.48. The van der Waals surface area contributed by atoms with Crippen molar-refractivity contribution in [3.63, 3.8) is 0 Å². The molecule has 0 aliphatic heterocycles. The number of hydrogen-bond acceptors (Lipinski definition) is 6. The molecule has 0 atom stereocenters. The predicted octanol–water partition coefficient (Wildman–Crippen LogP) is 2.67. The molecule has 0 saturated heterocycles. The maximum Gasteiger partial charge on any atom is 0.335 e. The Morgan fingerprint density at radius 3 is 2.57 bits per heavy atom. The molecule has 8 heteroatoms. The molecule has 0 radical (unpaired) electrons. The maximum atomic E-state index is 11.8. The van der Waals surface area contributed by atoms with Gasteiger partial charge in [-0.3, -0.25) is 4.79 Å². The molecule has 110 valence electrons. The number of rotatable bonds is 6. The predicted molar refractivity (Wildman–Crippen MR) is 82.0 cm³/mol. The molecule has 6 nitrogen and oxygen atoms in total. The number of aromatic nitrogens is 2. The highest BCUT2D eigenvalue weighted by molar-refractivity contribution is 8.01. The largest absolute Gasteiger partial charge is 0.478 e. The van der Waals surface area contributed by atoms with Crippen molar-refractivity contribution in [2.45, 2.75) is 17.7 Å². The number of carboxylic acid groups (broad SMARTS) is 1. The van der Waals surface area contributed by atoms with Crippen molar-refractivity contribution in [2.75, 3.05) is 11.1 Å². The average Bonchev–Trinajstić information content (AvgIpc) is 2.85. The summed E-state index contributed by atoms with van der Waals surface area (Å²) in [6.45, 7) is 1.88. The first-order valence-electron chi connectivity index (χ1n) is 6.11. The smallest absolute Gasteiger partial charge is 0.335 e. The van der Waals surface area contributed by atoms with Crippen LogP contribution in [0.1, 0.15) is 21.8 Å². The van der Waals surface area contributed by atoms with Gasteiger partial charge in [-0.05, 0) is 31.2 Å². The van der Waals surface area contributed by atoms with Crippen LogP contribution in [0.2, 0.25) is 0 Å². The summed E-state index contributed by atoms with van der Waals surface area (Å²) in [5.41, 5.74) is 0.775. The van der Waals surface area contributed by atoms with E-state index < -0.39 is 5.97 Å². The Balaban J connectivity index is 1.77. The fraction of sp³-hybridized carbons (Fsp3) is 0.231.